The Hall–Kier alpha value is -0.840. The van der Waals surface area contributed by atoms with Crippen molar-refractivity contribution in [2.45, 2.75) is 45.1 Å². The molecular weight excluding hydrogens is 218 g/mol. The minimum Gasteiger partial charge on any atom is -0.469 e. The predicted molar refractivity (Wildman–Crippen MR) is 64.8 cm³/mol. The van der Waals surface area contributed by atoms with Crippen LogP contribution in [-0.2, 0) is 15.9 Å². The fourth-order valence-corrected chi connectivity index (χ4v) is 1.98. The van der Waals surface area contributed by atoms with Gasteiger partial charge in [-0.2, -0.15) is 0 Å². The molecule has 1 aliphatic rings. The molecule has 4 nitrogen and oxygen atoms in total. The Morgan fingerprint density at radius 1 is 1.41 bits per heavy atom. The van der Waals surface area contributed by atoms with E-state index in [1.165, 1.54) is 0 Å². The molecule has 1 fully saturated rings. The van der Waals surface area contributed by atoms with Crippen molar-refractivity contribution in [3.8, 4) is 0 Å². The first-order chi connectivity index (χ1) is 8.05. The van der Waals surface area contributed by atoms with Gasteiger partial charge in [0.1, 0.15) is 5.76 Å². The third kappa shape index (κ3) is 3.84. The topological polar surface area (TPSA) is 43.6 Å². The highest BCUT2D eigenvalue weighted by Gasteiger charge is 2.28. The largest absolute Gasteiger partial charge is 0.469 e. The third-order valence-corrected chi connectivity index (χ3v) is 2.87. The van der Waals surface area contributed by atoms with Crippen molar-refractivity contribution in [3.05, 3.63) is 24.2 Å². The van der Waals surface area contributed by atoms with Gasteiger partial charge in [-0.05, 0) is 32.9 Å². The summed E-state index contributed by atoms with van der Waals surface area (Å²) in [6.45, 7) is 7.40. The van der Waals surface area contributed by atoms with Crippen LogP contribution in [0.25, 0.3) is 0 Å². The molecule has 1 aliphatic heterocycles. The van der Waals surface area contributed by atoms with Crippen LogP contribution in [0, 0.1) is 0 Å². The Morgan fingerprint density at radius 2 is 2.12 bits per heavy atom. The van der Waals surface area contributed by atoms with Crippen LogP contribution in [0.4, 0.5) is 0 Å². The zero-order valence-electron chi connectivity index (χ0n) is 10.7. The quantitative estimate of drug-likeness (QED) is 0.872. The van der Waals surface area contributed by atoms with E-state index in [0.717, 1.165) is 12.2 Å². The van der Waals surface area contributed by atoms with Crippen LogP contribution in [0.3, 0.4) is 0 Å². The van der Waals surface area contributed by atoms with Crippen LogP contribution in [0.2, 0.25) is 0 Å². The first kappa shape index (κ1) is 12.6. The summed E-state index contributed by atoms with van der Waals surface area (Å²) in [6.07, 6.45) is 2.59. The van der Waals surface area contributed by atoms with E-state index in [9.17, 15) is 0 Å². The zero-order chi connectivity index (χ0) is 12.3. The second-order valence-electron chi connectivity index (χ2n) is 5.07. The van der Waals surface area contributed by atoms with E-state index in [4.69, 9.17) is 13.9 Å². The lowest BCUT2D eigenvalue weighted by Gasteiger charge is -2.36. The van der Waals surface area contributed by atoms with Crippen molar-refractivity contribution in [1.29, 1.82) is 0 Å². The van der Waals surface area contributed by atoms with Crippen LogP contribution >= 0.6 is 0 Å². The van der Waals surface area contributed by atoms with Gasteiger partial charge in [-0.3, -0.25) is 0 Å². The number of hydrogen-bond donors (Lipinski definition) is 1. The highest BCUT2D eigenvalue weighted by Crippen LogP contribution is 2.17. The van der Waals surface area contributed by atoms with E-state index in [1.54, 1.807) is 6.26 Å². The van der Waals surface area contributed by atoms with Gasteiger partial charge in [-0.25, -0.2) is 0 Å². The summed E-state index contributed by atoms with van der Waals surface area (Å²) >= 11 is 0. The maximum absolute atomic E-state index is 5.61. The fourth-order valence-electron chi connectivity index (χ4n) is 1.98. The molecule has 1 aromatic rings. The summed E-state index contributed by atoms with van der Waals surface area (Å²) in [5.74, 6) is 0.561. The molecule has 0 saturated carbocycles. The molecule has 0 aliphatic carbocycles. The number of ether oxygens (including phenoxy) is 2. The van der Waals surface area contributed by atoms with Gasteiger partial charge in [0, 0.05) is 12.5 Å². The predicted octanol–water partition coefficient (Wildman–Crippen LogP) is 1.95. The summed E-state index contributed by atoms with van der Waals surface area (Å²) < 4.78 is 16.5. The molecule has 1 aromatic heterocycles. The first-order valence-electron chi connectivity index (χ1n) is 6.11. The summed E-state index contributed by atoms with van der Waals surface area (Å²) in [4.78, 5) is 0. The normalized spacial score (nSPS) is 22.5. The summed E-state index contributed by atoms with van der Waals surface area (Å²) in [5, 5.41) is 3.48. The minimum absolute atomic E-state index is 0.257. The smallest absolute Gasteiger partial charge is 0.162 e. The fraction of sp³-hybridized carbons (Fsp3) is 0.692. The van der Waals surface area contributed by atoms with Crippen LogP contribution in [-0.4, -0.2) is 31.1 Å². The Kier molecular flexibility index (Phi) is 3.86. The number of nitrogens with one attached hydrogen (secondary N) is 1. The van der Waals surface area contributed by atoms with E-state index in [2.05, 4.69) is 12.2 Å². The van der Waals surface area contributed by atoms with E-state index >= 15 is 0 Å². The van der Waals surface area contributed by atoms with Crippen molar-refractivity contribution in [2.24, 2.45) is 0 Å². The molecule has 1 N–H and O–H groups in total. The second-order valence-corrected chi connectivity index (χ2v) is 5.07. The molecule has 0 radical (unpaired) electrons. The first-order valence-corrected chi connectivity index (χ1v) is 6.11. The second kappa shape index (κ2) is 5.21. The van der Waals surface area contributed by atoms with Crippen molar-refractivity contribution in [3.63, 3.8) is 0 Å². The van der Waals surface area contributed by atoms with E-state index in [-0.39, 0.29) is 6.04 Å². The minimum atomic E-state index is -0.442. The van der Waals surface area contributed by atoms with Gasteiger partial charge >= 0.3 is 0 Å². The van der Waals surface area contributed by atoms with Gasteiger partial charge in [0.25, 0.3) is 0 Å². The maximum atomic E-state index is 5.61. The standard InChI is InChI=1S/C13H21NO3/c1-10(7-12-5-4-6-15-12)14-11-8-16-13(2,3)17-9-11/h4-6,10-11,14H,7-9H2,1-3H3. The van der Waals surface area contributed by atoms with Gasteiger partial charge in [-0.15, -0.1) is 0 Å². The molecule has 4 heteroatoms. The number of hydrogen-bond acceptors (Lipinski definition) is 4. The summed E-state index contributed by atoms with van der Waals surface area (Å²) in [7, 11) is 0. The molecule has 2 rings (SSSR count). The molecule has 17 heavy (non-hydrogen) atoms. The van der Waals surface area contributed by atoms with E-state index in [0.29, 0.717) is 19.3 Å². The molecule has 1 saturated heterocycles. The number of furan rings is 1. The van der Waals surface area contributed by atoms with Crippen LogP contribution in [0.15, 0.2) is 22.8 Å². The molecule has 96 valence electrons. The van der Waals surface area contributed by atoms with Gasteiger partial charge in [0.05, 0.1) is 25.5 Å². The molecule has 0 bridgehead atoms. The average Bonchev–Trinajstić information content (AvgIpc) is 2.74. The molecular formula is C13H21NO3. The lowest BCUT2D eigenvalue weighted by molar-refractivity contribution is -0.253. The molecule has 0 aromatic carbocycles. The van der Waals surface area contributed by atoms with Crippen LogP contribution < -0.4 is 5.32 Å². The molecule has 0 amide bonds. The van der Waals surface area contributed by atoms with Crippen molar-refractivity contribution < 1.29 is 13.9 Å². The molecule has 0 spiro atoms. The SMILES string of the molecule is CC(Cc1ccco1)NC1COC(C)(C)OC1. The van der Waals surface area contributed by atoms with E-state index < -0.39 is 5.79 Å². The Balaban J connectivity index is 1.74. The van der Waals surface area contributed by atoms with Crippen molar-refractivity contribution in [1.82, 2.24) is 5.32 Å². The van der Waals surface area contributed by atoms with Gasteiger partial charge in [0.2, 0.25) is 0 Å². The lowest BCUT2D eigenvalue weighted by Crippen LogP contribution is -2.51. The summed E-state index contributed by atoms with van der Waals surface area (Å²) in [5.41, 5.74) is 0. The Morgan fingerprint density at radius 3 is 2.71 bits per heavy atom. The summed E-state index contributed by atoms with van der Waals surface area (Å²) in [6, 6.07) is 4.51. The van der Waals surface area contributed by atoms with Crippen LogP contribution in [0.1, 0.15) is 26.5 Å². The van der Waals surface area contributed by atoms with Gasteiger partial charge in [0.15, 0.2) is 5.79 Å². The third-order valence-electron chi connectivity index (χ3n) is 2.87. The van der Waals surface area contributed by atoms with Crippen molar-refractivity contribution >= 4 is 0 Å². The monoisotopic (exact) mass is 239 g/mol. The lowest BCUT2D eigenvalue weighted by atomic mass is 10.1. The van der Waals surface area contributed by atoms with Gasteiger partial charge in [-0.1, -0.05) is 0 Å². The van der Waals surface area contributed by atoms with E-state index in [1.807, 2.05) is 26.0 Å². The average molecular weight is 239 g/mol. The zero-order valence-corrected chi connectivity index (χ0v) is 10.7. The maximum Gasteiger partial charge on any atom is 0.162 e. The Bertz CT molecular complexity index is 324. The molecule has 2 heterocycles. The highest BCUT2D eigenvalue weighted by molar-refractivity contribution is 5.00. The Labute approximate surface area is 102 Å². The number of rotatable bonds is 4. The highest BCUT2D eigenvalue weighted by atomic mass is 16.7. The van der Waals surface area contributed by atoms with Gasteiger partial charge < -0.3 is 19.2 Å². The van der Waals surface area contributed by atoms with Crippen molar-refractivity contribution in [2.75, 3.05) is 13.2 Å². The molecule has 1 unspecified atom stereocenters. The van der Waals surface area contributed by atoms with Crippen LogP contribution in [0.5, 0.6) is 0 Å². The molecule has 1 atom stereocenters.